The molecule has 1 aliphatic rings. The molecule has 98 valence electrons. The van der Waals surface area contributed by atoms with Gasteiger partial charge in [0.25, 0.3) is 0 Å². The van der Waals surface area contributed by atoms with E-state index in [0.717, 1.165) is 12.8 Å². The highest BCUT2D eigenvalue weighted by molar-refractivity contribution is 5.89. The molecule has 0 spiro atoms. The Morgan fingerprint density at radius 1 is 1.33 bits per heavy atom. The van der Waals surface area contributed by atoms with E-state index in [1.165, 1.54) is 14.2 Å². The number of aromatic nitrogens is 3. The van der Waals surface area contributed by atoms with Crippen molar-refractivity contribution in [1.29, 1.82) is 0 Å². The van der Waals surface area contributed by atoms with Crippen LogP contribution >= 0.6 is 0 Å². The van der Waals surface area contributed by atoms with Crippen molar-refractivity contribution in [2.45, 2.75) is 25.8 Å². The van der Waals surface area contributed by atoms with Gasteiger partial charge < -0.3 is 9.47 Å². The lowest BCUT2D eigenvalue weighted by Gasteiger charge is -2.05. The molecule has 1 aliphatic carbocycles. The fourth-order valence-electron chi connectivity index (χ4n) is 1.66. The lowest BCUT2D eigenvalue weighted by Crippen LogP contribution is -2.15. The van der Waals surface area contributed by atoms with Gasteiger partial charge in [0.1, 0.15) is 0 Å². The molecule has 0 saturated heterocycles. The van der Waals surface area contributed by atoms with Crippen LogP contribution in [0.15, 0.2) is 0 Å². The third-order valence-electron chi connectivity index (χ3n) is 2.88. The number of rotatable bonds is 5. The summed E-state index contributed by atoms with van der Waals surface area (Å²) in [6.07, 6.45) is 2.26. The maximum atomic E-state index is 11.5. The van der Waals surface area contributed by atoms with E-state index in [2.05, 4.69) is 19.8 Å². The van der Waals surface area contributed by atoms with E-state index in [4.69, 9.17) is 0 Å². The zero-order valence-electron chi connectivity index (χ0n) is 10.4. The van der Waals surface area contributed by atoms with Gasteiger partial charge in [0.05, 0.1) is 26.3 Å². The Hall–Kier alpha value is -1.92. The predicted molar refractivity (Wildman–Crippen MR) is 59.8 cm³/mol. The fourth-order valence-corrected chi connectivity index (χ4v) is 1.66. The van der Waals surface area contributed by atoms with E-state index in [9.17, 15) is 9.59 Å². The van der Waals surface area contributed by atoms with Crippen LogP contribution in [0.2, 0.25) is 0 Å². The molecule has 1 fully saturated rings. The van der Waals surface area contributed by atoms with E-state index >= 15 is 0 Å². The van der Waals surface area contributed by atoms with E-state index in [-0.39, 0.29) is 12.1 Å². The van der Waals surface area contributed by atoms with Crippen LogP contribution in [0, 0.1) is 5.92 Å². The van der Waals surface area contributed by atoms with Gasteiger partial charge in [-0.05, 0) is 18.8 Å². The lowest BCUT2D eigenvalue weighted by molar-refractivity contribution is -0.139. The number of carbonyl (C=O) groups excluding carboxylic acids is 2. The monoisotopic (exact) mass is 253 g/mol. The van der Waals surface area contributed by atoms with E-state index in [0.29, 0.717) is 18.2 Å². The molecule has 18 heavy (non-hydrogen) atoms. The van der Waals surface area contributed by atoms with Gasteiger partial charge in [-0.2, -0.15) is 0 Å². The largest absolute Gasteiger partial charge is 0.469 e. The second-order valence-electron chi connectivity index (χ2n) is 4.25. The Morgan fingerprint density at radius 2 is 2.06 bits per heavy atom. The molecular weight excluding hydrogens is 238 g/mol. The Kier molecular flexibility index (Phi) is 3.59. The van der Waals surface area contributed by atoms with Crippen molar-refractivity contribution in [3.8, 4) is 0 Å². The highest BCUT2D eigenvalue weighted by atomic mass is 16.5. The molecule has 1 aromatic heterocycles. The van der Waals surface area contributed by atoms with Crippen LogP contribution in [0.5, 0.6) is 0 Å². The first kappa shape index (κ1) is 12.5. The van der Waals surface area contributed by atoms with Crippen LogP contribution < -0.4 is 0 Å². The third kappa shape index (κ3) is 2.66. The van der Waals surface area contributed by atoms with Gasteiger partial charge in [-0.1, -0.05) is 5.21 Å². The molecule has 0 atom stereocenters. The number of hydrogen-bond donors (Lipinski definition) is 0. The first-order valence-electron chi connectivity index (χ1n) is 5.73. The molecule has 2 rings (SSSR count). The predicted octanol–water partition coefficient (Wildman–Crippen LogP) is 0.190. The van der Waals surface area contributed by atoms with E-state index in [1.807, 2.05) is 0 Å². The number of hydrogen-bond acceptors (Lipinski definition) is 6. The number of ether oxygens (including phenoxy) is 2. The summed E-state index contributed by atoms with van der Waals surface area (Å²) in [5.74, 6) is -0.455. The Labute approximate surface area is 104 Å². The van der Waals surface area contributed by atoms with Crippen LogP contribution in [0.3, 0.4) is 0 Å². The average Bonchev–Trinajstić information content (AvgIpc) is 3.11. The number of methoxy groups -OCH3 is 2. The normalized spacial score (nSPS) is 14.3. The second-order valence-corrected chi connectivity index (χ2v) is 4.25. The van der Waals surface area contributed by atoms with Crippen LogP contribution in [0.25, 0.3) is 0 Å². The summed E-state index contributed by atoms with van der Waals surface area (Å²) in [6.45, 7) is 0.677. The zero-order valence-corrected chi connectivity index (χ0v) is 10.4. The van der Waals surface area contributed by atoms with Gasteiger partial charge in [0.15, 0.2) is 5.69 Å². The molecule has 0 bridgehead atoms. The second kappa shape index (κ2) is 5.16. The summed E-state index contributed by atoms with van der Waals surface area (Å²) in [7, 11) is 2.57. The molecule has 7 heteroatoms. The van der Waals surface area contributed by atoms with Gasteiger partial charge in [-0.3, -0.25) is 4.79 Å². The van der Waals surface area contributed by atoms with Crippen molar-refractivity contribution < 1.29 is 19.1 Å². The maximum Gasteiger partial charge on any atom is 0.360 e. The van der Waals surface area contributed by atoms with Crippen LogP contribution in [0.1, 0.15) is 29.0 Å². The van der Waals surface area contributed by atoms with Gasteiger partial charge in [0.2, 0.25) is 0 Å². The Bertz CT molecular complexity index is 465. The Balaban J connectivity index is 2.25. The van der Waals surface area contributed by atoms with Crippen molar-refractivity contribution >= 4 is 11.9 Å². The smallest absolute Gasteiger partial charge is 0.360 e. The zero-order chi connectivity index (χ0) is 13.1. The van der Waals surface area contributed by atoms with Crippen LogP contribution in [0.4, 0.5) is 0 Å². The SMILES string of the molecule is COC(=O)Cc1c(C(=O)OC)nnn1CC1CC1. The van der Waals surface area contributed by atoms with E-state index < -0.39 is 11.9 Å². The van der Waals surface area contributed by atoms with Crippen molar-refractivity contribution in [3.63, 3.8) is 0 Å². The number of esters is 2. The van der Waals surface area contributed by atoms with Crippen LogP contribution in [-0.2, 0) is 27.2 Å². The molecule has 0 aromatic carbocycles. The van der Waals surface area contributed by atoms with Gasteiger partial charge in [0, 0.05) is 6.54 Å². The molecule has 0 aliphatic heterocycles. The fraction of sp³-hybridized carbons (Fsp3) is 0.636. The van der Waals surface area contributed by atoms with Gasteiger partial charge >= 0.3 is 11.9 Å². The minimum Gasteiger partial charge on any atom is -0.469 e. The quantitative estimate of drug-likeness (QED) is 0.696. The molecule has 1 saturated carbocycles. The molecule has 1 aromatic rings. The summed E-state index contributed by atoms with van der Waals surface area (Å²) in [6, 6.07) is 0. The molecular formula is C11H15N3O4. The lowest BCUT2D eigenvalue weighted by atomic mass is 10.2. The Morgan fingerprint density at radius 3 is 2.61 bits per heavy atom. The third-order valence-corrected chi connectivity index (χ3v) is 2.88. The molecule has 0 N–H and O–H groups in total. The minimum absolute atomic E-state index is 0.0271. The summed E-state index contributed by atoms with van der Waals surface area (Å²) >= 11 is 0. The topological polar surface area (TPSA) is 83.3 Å². The standard InChI is InChI=1S/C11H15N3O4/c1-17-9(15)5-8-10(11(16)18-2)12-13-14(8)6-7-3-4-7/h7H,3-6H2,1-2H3. The van der Waals surface area contributed by atoms with Crippen molar-refractivity contribution in [2.75, 3.05) is 14.2 Å². The molecule has 1 heterocycles. The van der Waals surface area contributed by atoms with Gasteiger partial charge in [-0.25, -0.2) is 9.48 Å². The molecule has 0 unspecified atom stereocenters. The average molecular weight is 253 g/mol. The highest BCUT2D eigenvalue weighted by Gasteiger charge is 2.27. The number of carbonyl (C=O) groups is 2. The number of nitrogens with zero attached hydrogens (tertiary/aromatic N) is 3. The summed E-state index contributed by atoms with van der Waals surface area (Å²) < 4.78 is 10.8. The van der Waals surface area contributed by atoms with Crippen LogP contribution in [-0.4, -0.2) is 41.2 Å². The molecule has 0 amide bonds. The van der Waals surface area contributed by atoms with Crippen molar-refractivity contribution in [1.82, 2.24) is 15.0 Å². The first-order valence-corrected chi connectivity index (χ1v) is 5.73. The minimum atomic E-state index is -0.587. The first-order chi connectivity index (χ1) is 8.65. The van der Waals surface area contributed by atoms with E-state index in [1.54, 1.807) is 4.68 Å². The maximum absolute atomic E-state index is 11.5. The molecule has 0 radical (unpaired) electrons. The molecule has 7 nitrogen and oxygen atoms in total. The highest BCUT2D eigenvalue weighted by Crippen LogP contribution is 2.31. The van der Waals surface area contributed by atoms with Gasteiger partial charge in [-0.15, -0.1) is 5.10 Å². The summed E-state index contributed by atoms with van der Waals surface area (Å²) in [5.41, 5.74) is 0.546. The summed E-state index contributed by atoms with van der Waals surface area (Å²) in [5, 5.41) is 7.70. The summed E-state index contributed by atoms with van der Waals surface area (Å²) in [4.78, 5) is 22.9. The van der Waals surface area contributed by atoms with Crippen molar-refractivity contribution in [3.05, 3.63) is 11.4 Å². The van der Waals surface area contributed by atoms with Crippen molar-refractivity contribution in [2.24, 2.45) is 5.92 Å².